The largest absolute Gasteiger partial charge is 0.385 e. The lowest BCUT2D eigenvalue weighted by atomic mass is 9.89. The van der Waals surface area contributed by atoms with E-state index in [0.29, 0.717) is 18.8 Å². The Labute approximate surface area is 124 Å². The van der Waals surface area contributed by atoms with Crippen molar-refractivity contribution in [2.75, 3.05) is 33.4 Å². The molecule has 1 saturated heterocycles. The van der Waals surface area contributed by atoms with E-state index in [9.17, 15) is 8.78 Å². The van der Waals surface area contributed by atoms with E-state index in [1.54, 1.807) is 13.2 Å². The number of piperidine rings is 1. The normalized spacial score (nSPS) is 20.4. The van der Waals surface area contributed by atoms with Crippen LogP contribution in [0.2, 0.25) is 0 Å². The second-order valence-electron chi connectivity index (χ2n) is 5.42. The molecule has 1 aromatic carbocycles. The molecule has 5 heteroatoms. The van der Waals surface area contributed by atoms with E-state index in [1.165, 1.54) is 12.1 Å². The lowest BCUT2D eigenvalue weighted by Gasteiger charge is -2.31. The molecule has 1 N–H and O–H groups in total. The molecule has 1 aliphatic heterocycles. The molecule has 0 amide bonds. The summed E-state index contributed by atoms with van der Waals surface area (Å²) in [4.78, 5) is 0. The third-order valence-electron chi connectivity index (χ3n) is 3.83. The average molecular weight is 299 g/mol. The third-order valence-corrected chi connectivity index (χ3v) is 3.83. The molecular weight excluding hydrogens is 276 g/mol. The fraction of sp³-hybridized carbons (Fsp3) is 0.625. The van der Waals surface area contributed by atoms with E-state index in [-0.39, 0.29) is 12.0 Å². The molecule has 1 fully saturated rings. The van der Waals surface area contributed by atoms with Crippen molar-refractivity contribution in [2.24, 2.45) is 5.92 Å². The van der Waals surface area contributed by atoms with E-state index in [4.69, 9.17) is 9.47 Å². The number of methoxy groups -OCH3 is 1. The summed E-state index contributed by atoms with van der Waals surface area (Å²) in [5.74, 6) is -1.36. The molecule has 0 spiro atoms. The zero-order valence-electron chi connectivity index (χ0n) is 12.4. The number of benzene rings is 1. The van der Waals surface area contributed by atoms with Crippen LogP contribution < -0.4 is 5.32 Å². The first-order valence-corrected chi connectivity index (χ1v) is 7.48. The van der Waals surface area contributed by atoms with Crippen molar-refractivity contribution in [1.82, 2.24) is 5.32 Å². The summed E-state index contributed by atoms with van der Waals surface area (Å²) < 4.78 is 37.6. The first-order chi connectivity index (χ1) is 10.2. The first kappa shape index (κ1) is 16.3. The molecule has 2 rings (SSSR count). The van der Waals surface area contributed by atoms with Gasteiger partial charge in [-0.05, 0) is 43.5 Å². The summed E-state index contributed by atoms with van der Waals surface area (Å²) in [6.45, 7) is 3.03. The van der Waals surface area contributed by atoms with Gasteiger partial charge in [0.1, 0.15) is 0 Å². The van der Waals surface area contributed by atoms with Crippen molar-refractivity contribution in [3.05, 3.63) is 35.4 Å². The predicted molar refractivity (Wildman–Crippen MR) is 77.1 cm³/mol. The van der Waals surface area contributed by atoms with Crippen LogP contribution in [0, 0.1) is 17.6 Å². The van der Waals surface area contributed by atoms with Gasteiger partial charge in [0.25, 0.3) is 0 Å². The Balaban J connectivity index is 2.07. The van der Waals surface area contributed by atoms with Crippen molar-refractivity contribution in [3.63, 3.8) is 0 Å². The van der Waals surface area contributed by atoms with Gasteiger partial charge in [-0.1, -0.05) is 6.07 Å². The van der Waals surface area contributed by atoms with E-state index < -0.39 is 11.6 Å². The maximum absolute atomic E-state index is 13.5. The minimum absolute atomic E-state index is 0.204. The second-order valence-corrected chi connectivity index (χ2v) is 5.42. The summed E-state index contributed by atoms with van der Waals surface area (Å²) in [6.07, 6.45) is 2.69. The van der Waals surface area contributed by atoms with Gasteiger partial charge in [0.15, 0.2) is 11.6 Å². The number of rotatable bonds is 7. The molecule has 0 bridgehead atoms. The van der Waals surface area contributed by atoms with Crippen LogP contribution in [-0.4, -0.2) is 33.4 Å². The maximum atomic E-state index is 13.5. The number of halogens is 2. The van der Waals surface area contributed by atoms with Gasteiger partial charge >= 0.3 is 0 Å². The van der Waals surface area contributed by atoms with Crippen LogP contribution in [0.3, 0.4) is 0 Å². The van der Waals surface area contributed by atoms with Crippen LogP contribution in [0.1, 0.15) is 30.9 Å². The predicted octanol–water partition coefficient (Wildman–Crippen LogP) is 3.06. The van der Waals surface area contributed by atoms with E-state index in [0.717, 1.165) is 32.4 Å². The van der Waals surface area contributed by atoms with Gasteiger partial charge in [0.05, 0.1) is 6.10 Å². The van der Waals surface area contributed by atoms with Gasteiger partial charge in [0.2, 0.25) is 0 Å². The topological polar surface area (TPSA) is 30.5 Å². The Morgan fingerprint density at radius 1 is 1.29 bits per heavy atom. The third kappa shape index (κ3) is 4.73. The summed E-state index contributed by atoms with van der Waals surface area (Å²) in [5.41, 5.74) is 0.708. The van der Waals surface area contributed by atoms with Crippen LogP contribution in [0.25, 0.3) is 0 Å². The van der Waals surface area contributed by atoms with Crippen LogP contribution in [0.4, 0.5) is 8.78 Å². The molecule has 0 aromatic heterocycles. The van der Waals surface area contributed by atoms with Gasteiger partial charge < -0.3 is 14.8 Å². The zero-order valence-corrected chi connectivity index (χ0v) is 12.4. The number of nitrogens with one attached hydrogen (secondary N) is 1. The highest BCUT2D eigenvalue weighted by Crippen LogP contribution is 2.31. The number of hydrogen-bond acceptors (Lipinski definition) is 3. The molecule has 0 saturated carbocycles. The first-order valence-electron chi connectivity index (χ1n) is 7.48. The highest BCUT2D eigenvalue weighted by atomic mass is 19.2. The van der Waals surface area contributed by atoms with Crippen LogP contribution >= 0.6 is 0 Å². The van der Waals surface area contributed by atoms with Gasteiger partial charge in [0, 0.05) is 32.8 Å². The minimum Gasteiger partial charge on any atom is -0.385 e. The van der Waals surface area contributed by atoms with Gasteiger partial charge in [-0.3, -0.25) is 0 Å². The van der Waals surface area contributed by atoms with Crippen molar-refractivity contribution in [3.8, 4) is 0 Å². The average Bonchev–Trinajstić information content (AvgIpc) is 2.51. The Morgan fingerprint density at radius 3 is 2.81 bits per heavy atom. The molecule has 1 aromatic rings. The highest BCUT2D eigenvalue weighted by Gasteiger charge is 2.26. The molecule has 118 valence electrons. The SMILES string of the molecule is COCCCO[C@@H](c1ccc(F)c(F)c1)C1CCCNC1. The molecular formula is C16H23F2NO2. The molecule has 1 unspecified atom stereocenters. The van der Waals surface area contributed by atoms with Crippen LogP contribution in [0.5, 0.6) is 0 Å². The van der Waals surface area contributed by atoms with Crippen molar-refractivity contribution < 1.29 is 18.3 Å². The Hall–Kier alpha value is -1.04. The van der Waals surface area contributed by atoms with Crippen LogP contribution in [-0.2, 0) is 9.47 Å². The van der Waals surface area contributed by atoms with Gasteiger partial charge in [-0.2, -0.15) is 0 Å². The fourth-order valence-electron chi connectivity index (χ4n) is 2.74. The smallest absolute Gasteiger partial charge is 0.159 e. The Kier molecular flexibility index (Phi) is 6.54. The molecule has 0 aliphatic carbocycles. The second kappa shape index (κ2) is 8.41. The monoisotopic (exact) mass is 299 g/mol. The highest BCUT2D eigenvalue weighted by molar-refractivity contribution is 5.21. The number of hydrogen-bond donors (Lipinski definition) is 1. The standard InChI is InChI=1S/C16H23F2NO2/c1-20-8-3-9-21-16(13-4-2-7-19-11-13)12-5-6-14(17)15(18)10-12/h5-6,10,13,16,19H,2-4,7-9,11H2,1H3/t13?,16-/m0/s1. The van der Waals surface area contributed by atoms with E-state index in [1.807, 2.05) is 0 Å². The van der Waals surface area contributed by atoms with Crippen molar-refractivity contribution in [1.29, 1.82) is 0 Å². The summed E-state index contributed by atoms with van der Waals surface area (Å²) in [6, 6.07) is 4.05. The molecule has 3 nitrogen and oxygen atoms in total. The lowest BCUT2D eigenvalue weighted by molar-refractivity contribution is -0.00523. The molecule has 2 atom stereocenters. The van der Waals surface area contributed by atoms with Crippen molar-refractivity contribution in [2.45, 2.75) is 25.4 Å². The molecule has 21 heavy (non-hydrogen) atoms. The summed E-state index contributed by atoms with van der Waals surface area (Å²) in [5, 5.41) is 3.34. The molecule has 1 aliphatic rings. The quantitative estimate of drug-likeness (QED) is 0.785. The minimum atomic E-state index is -0.821. The maximum Gasteiger partial charge on any atom is 0.159 e. The fourth-order valence-corrected chi connectivity index (χ4v) is 2.74. The van der Waals surface area contributed by atoms with E-state index in [2.05, 4.69) is 5.32 Å². The summed E-state index contributed by atoms with van der Waals surface area (Å²) >= 11 is 0. The molecule has 1 heterocycles. The van der Waals surface area contributed by atoms with Gasteiger partial charge in [-0.25, -0.2) is 8.78 Å². The van der Waals surface area contributed by atoms with Gasteiger partial charge in [-0.15, -0.1) is 0 Å². The summed E-state index contributed by atoms with van der Waals surface area (Å²) in [7, 11) is 1.65. The Bertz CT molecular complexity index is 436. The Morgan fingerprint density at radius 2 is 2.14 bits per heavy atom. The molecule has 0 radical (unpaired) electrons. The number of ether oxygens (including phenoxy) is 2. The zero-order chi connectivity index (χ0) is 15.1. The van der Waals surface area contributed by atoms with Crippen molar-refractivity contribution >= 4 is 0 Å². The van der Waals surface area contributed by atoms with Crippen LogP contribution in [0.15, 0.2) is 18.2 Å². The lowest BCUT2D eigenvalue weighted by Crippen LogP contribution is -2.34. The van der Waals surface area contributed by atoms with E-state index >= 15 is 0 Å².